The topological polar surface area (TPSA) is 76.9 Å². The Morgan fingerprint density at radius 3 is 2.65 bits per heavy atom. The van der Waals surface area contributed by atoms with E-state index >= 15 is 0 Å². The SMILES string of the molecule is CNC(=O)Cn1c(=O)nc(-c2ccc(Cl)cc2)c2nc(C)sc21. The van der Waals surface area contributed by atoms with Gasteiger partial charge in [-0.3, -0.25) is 9.36 Å². The van der Waals surface area contributed by atoms with Gasteiger partial charge in [-0.2, -0.15) is 4.98 Å². The third-order valence-electron chi connectivity index (χ3n) is 3.32. The number of nitrogens with zero attached hydrogens (tertiary/aromatic N) is 3. The molecule has 1 amide bonds. The van der Waals surface area contributed by atoms with Gasteiger partial charge in [-0.05, 0) is 19.1 Å². The number of thiazole rings is 1. The fraction of sp³-hybridized carbons (Fsp3) is 0.200. The quantitative estimate of drug-likeness (QED) is 0.787. The highest BCUT2D eigenvalue weighted by Crippen LogP contribution is 2.29. The summed E-state index contributed by atoms with van der Waals surface area (Å²) >= 11 is 7.27. The van der Waals surface area contributed by atoms with Crippen molar-refractivity contribution >= 4 is 39.2 Å². The van der Waals surface area contributed by atoms with Crippen LogP contribution in [0.1, 0.15) is 5.01 Å². The predicted molar refractivity (Wildman–Crippen MR) is 90.9 cm³/mol. The van der Waals surface area contributed by atoms with Gasteiger partial charge in [0.05, 0.1) is 5.01 Å². The highest BCUT2D eigenvalue weighted by atomic mass is 35.5. The number of amides is 1. The molecule has 118 valence electrons. The molecule has 0 unspecified atom stereocenters. The van der Waals surface area contributed by atoms with Crippen LogP contribution >= 0.6 is 22.9 Å². The molecule has 0 aliphatic rings. The summed E-state index contributed by atoms with van der Waals surface area (Å²) < 4.78 is 1.35. The number of hydrogen-bond donors (Lipinski definition) is 1. The van der Waals surface area contributed by atoms with Gasteiger partial charge in [-0.25, -0.2) is 9.78 Å². The van der Waals surface area contributed by atoms with Gasteiger partial charge >= 0.3 is 5.69 Å². The molecule has 23 heavy (non-hydrogen) atoms. The van der Waals surface area contributed by atoms with E-state index in [4.69, 9.17) is 11.6 Å². The second kappa shape index (κ2) is 6.10. The molecule has 0 saturated carbocycles. The summed E-state index contributed by atoms with van der Waals surface area (Å²) in [5, 5.41) is 3.91. The molecule has 0 aliphatic carbocycles. The van der Waals surface area contributed by atoms with E-state index in [1.165, 1.54) is 23.0 Å². The first-order valence-corrected chi connectivity index (χ1v) is 8.03. The predicted octanol–water partition coefficient (Wildman–Crippen LogP) is 2.23. The van der Waals surface area contributed by atoms with Gasteiger partial charge in [-0.15, -0.1) is 11.3 Å². The Labute approximate surface area is 140 Å². The summed E-state index contributed by atoms with van der Waals surface area (Å²) in [6, 6.07) is 7.06. The molecule has 0 fully saturated rings. The fourth-order valence-electron chi connectivity index (χ4n) is 2.22. The summed E-state index contributed by atoms with van der Waals surface area (Å²) in [6.45, 7) is 1.77. The van der Waals surface area contributed by atoms with Crippen LogP contribution < -0.4 is 11.0 Å². The number of rotatable bonds is 3. The average Bonchev–Trinajstić information content (AvgIpc) is 2.92. The second-order valence-corrected chi connectivity index (χ2v) is 6.51. The molecular formula is C15H13ClN4O2S. The van der Waals surface area contributed by atoms with E-state index in [1.54, 1.807) is 24.3 Å². The molecule has 1 N–H and O–H groups in total. The first-order chi connectivity index (χ1) is 11.0. The zero-order valence-electron chi connectivity index (χ0n) is 12.5. The van der Waals surface area contributed by atoms with Crippen molar-refractivity contribution in [3.8, 4) is 11.3 Å². The lowest BCUT2D eigenvalue weighted by molar-refractivity contribution is -0.121. The lowest BCUT2D eigenvalue weighted by Gasteiger charge is -2.08. The van der Waals surface area contributed by atoms with Crippen LogP contribution in [0, 0.1) is 6.92 Å². The Hall–Kier alpha value is -2.25. The van der Waals surface area contributed by atoms with Crippen molar-refractivity contribution in [3.05, 3.63) is 44.8 Å². The monoisotopic (exact) mass is 348 g/mol. The molecule has 3 rings (SSSR count). The average molecular weight is 349 g/mol. The molecule has 0 bridgehead atoms. The molecule has 0 spiro atoms. The van der Waals surface area contributed by atoms with E-state index in [0.29, 0.717) is 21.1 Å². The van der Waals surface area contributed by atoms with Gasteiger partial charge in [0.15, 0.2) is 0 Å². The van der Waals surface area contributed by atoms with Crippen LogP contribution in [0.5, 0.6) is 0 Å². The minimum absolute atomic E-state index is 0.0820. The Bertz CT molecular complexity index is 947. The number of fused-ring (bicyclic) bond motifs is 1. The maximum absolute atomic E-state index is 12.4. The Morgan fingerprint density at radius 2 is 2.00 bits per heavy atom. The van der Waals surface area contributed by atoms with Crippen molar-refractivity contribution < 1.29 is 4.79 Å². The van der Waals surface area contributed by atoms with Gasteiger partial charge in [0.2, 0.25) is 5.91 Å². The smallest absolute Gasteiger partial charge is 0.349 e. The summed E-state index contributed by atoms with van der Waals surface area (Å²) in [5.74, 6) is -0.263. The number of carbonyl (C=O) groups excluding carboxylic acids is 1. The van der Waals surface area contributed by atoms with Gasteiger partial charge in [-0.1, -0.05) is 23.7 Å². The second-order valence-electron chi connectivity index (χ2n) is 4.90. The standard InChI is InChI=1S/C15H13ClN4O2S/c1-8-18-13-12(9-3-5-10(16)6-4-9)19-15(22)20(14(13)23-8)7-11(21)17-2/h3-6H,7H2,1-2H3,(H,17,21). The largest absolute Gasteiger partial charge is 0.358 e. The molecule has 6 nitrogen and oxygen atoms in total. The van der Waals surface area contributed by atoms with Crippen LogP contribution in [-0.2, 0) is 11.3 Å². The first-order valence-electron chi connectivity index (χ1n) is 6.84. The lowest BCUT2D eigenvalue weighted by atomic mass is 10.1. The van der Waals surface area contributed by atoms with Crippen LogP contribution in [0.25, 0.3) is 21.6 Å². The summed E-state index contributed by atoms with van der Waals surface area (Å²) in [5.41, 5.74) is 1.39. The third kappa shape index (κ3) is 2.97. The first kappa shape index (κ1) is 15.6. The summed E-state index contributed by atoms with van der Waals surface area (Å²) in [4.78, 5) is 33.3. The maximum Gasteiger partial charge on any atom is 0.349 e. The van der Waals surface area contributed by atoms with Crippen LogP contribution in [0.3, 0.4) is 0 Å². The van der Waals surface area contributed by atoms with Crippen LogP contribution in [-0.4, -0.2) is 27.5 Å². The van der Waals surface area contributed by atoms with Gasteiger partial charge in [0.25, 0.3) is 0 Å². The highest BCUT2D eigenvalue weighted by Gasteiger charge is 2.17. The van der Waals surface area contributed by atoms with Crippen molar-refractivity contribution in [2.75, 3.05) is 7.05 Å². The molecule has 0 radical (unpaired) electrons. The minimum atomic E-state index is -0.477. The summed E-state index contributed by atoms with van der Waals surface area (Å²) in [7, 11) is 1.53. The minimum Gasteiger partial charge on any atom is -0.358 e. The molecular weight excluding hydrogens is 336 g/mol. The van der Waals surface area contributed by atoms with E-state index in [2.05, 4.69) is 15.3 Å². The molecule has 2 aromatic heterocycles. The van der Waals surface area contributed by atoms with Gasteiger partial charge in [0.1, 0.15) is 22.6 Å². The van der Waals surface area contributed by atoms with Crippen molar-refractivity contribution in [2.45, 2.75) is 13.5 Å². The number of aryl methyl sites for hydroxylation is 1. The van der Waals surface area contributed by atoms with E-state index in [1.807, 2.05) is 6.92 Å². The zero-order valence-corrected chi connectivity index (χ0v) is 14.0. The number of nitrogens with one attached hydrogen (secondary N) is 1. The Kier molecular flexibility index (Phi) is 4.14. The third-order valence-corrected chi connectivity index (χ3v) is 4.57. The summed E-state index contributed by atoms with van der Waals surface area (Å²) in [6.07, 6.45) is 0. The zero-order chi connectivity index (χ0) is 16.6. The Morgan fingerprint density at radius 1 is 1.30 bits per heavy atom. The number of carbonyl (C=O) groups is 1. The highest BCUT2D eigenvalue weighted by molar-refractivity contribution is 7.18. The van der Waals surface area contributed by atoms with Gasteiger partial charge < -0.3 is 5.32 Å². The molecule has 1 aromatic carbocycles. The van der Waals surface area contributed by atoms with E-state index in [9.17, 15) is 9.59 Å². The van der Waals surface area contributed by atoms with Crippen LogP contribution in [0.15, 0.2) is 29.1 Å². The van der Waals surface area contributed by atoms with Crippen molar-refractivity contribution in [1.82, 2.24) is 19.9 Å². The number of hydrogen-bond acceptors (Lipinski definition) is 5. The van der Waals surface area contributed by atoms with Crippen molar-refractivity contribution in [2.24, 2.45) is 0 Å². The lowest BCUT2D eigenvalue weighted by Crippen LogP contribution is -2.31. The maximum atomic E-state index is 12.4. The fourth-order valence-corrected chi connectivity index (χ4v) is 3.26. The normalized spacial score (nSPS) is 10.9. The van der Waals surface area contributed by atoms with Crippen molar-refractivity contribution in [3.63, 3.8) is 0 Å². The van der Waals surface area contributed by atoms with Crippen LogP contribution in [0.2, 0.25) is 5.02 Å². The number of halogens is 1. The molecule has 0 saturated heterocycles. The van der Waals surface area contributed by atoms with E-state index in [0.717, 1.165) is 10.6 Å². The molecule has 2 heterocycles. The van der Waals surface area contributed by atoms with E-state index in [-0.39, 0.29) is 12.5 Å². The molecule has 8 heteroatoms. The van der Waals surface area contributed by atoms with E-state index < -0.39 is 5.69 Å². The van der Waals surface area contributed by atoms with Crippen molar-refractivity contribution in [1.29, 1.82) is 0 Å². The molecule has 0 atom stereocenters. The molecule has 0 aliphatic heterocycles. The van der Waals surface area contributed by atoms with Crippen LogP contribution in [0.4, 0.5) is 0 Å². The number of likely N-dealkylation sites (N-methyl/N-ethyl adjacent to an activating group) is 1. The number of aromatic nitrogens is 3. The number of benzene rings is 1. The van der Waals surface area contributed by atoms with Gasteiger partial charge in [0, 0.05) is 17.6 Å². The Balaban J connectivity index is 2.25. The molecule has 3 aromatic rings.